The van der Waals surface area contributed by atoms with E-state index in [2.05, 4.69) is 0 Å². The van der Waals surface area contributed by atoms with Gasteiger partial charge in [-0.1, -0.05) is 13.8 Å². The van der Waals surface area contributed by atoms with Crippen molar-refractivity contribution in [2.45, 2.75) is 13.8 Å². The Morgan fingerprint density at radius 2 is 2.14 bits per heavy atom. The van der Waals surface area contributed by atoms with Crippen LogP contribution in [0, 0.1) is 5.92 Å². The molecular weight excluding hydrogens is 95.1 g/mol. The molecule has 0 rings (SSSR count). The first-order valence-electron chi connectivity index (χ1n) is 2.27. The summed E-state index contributed by atoms with van der Waals surface area (Å²) in [4.78, 5) is 10.1. The van der Waals surface area contributed by atoms with E-state index in [1.54, 1.807) is 13.8 Å². The predicted molar refractivity (Wildman–Crippen MR) is 25.8 cm³/mol. The fraction of sp³-hybridized carbons (Fsp3) is 0.800. The number of hydrogen-bond acceptors (Lipinski definition) is 1. The van der Waals surface area contributed by atoms with Gasteiger partial charge in [0, 0.05) is 5.92 Å². The van der Waals surface area contributed by atoms with Crippen LogP contribution in [0.3, 0.4) is 0 Å². The largest absolute Gasteiger partial charge is 0.296 e. The Bertz CT molecular complexity index is 68.5. The normalized spacial score (nSPS) is 9.71. The molecule has 0 fully saturated rings. The van der Waals surface area contributed by atoms with Crippen molar-refractivity contribution in [1.82, 2.24) is 0 Å². The van der Waals surface area contributed by atoms with Crippen LogP contribution < -0.4 is 0 Å². The first-order chi connectivity index (χ1) is 3.18. The average molecular weight is 104 g/mol. The summed E-state index contributed by atoms with van der Waals surface area (Å²) in [5.41, 5.74) is 0. The fourth-order valence-electron chi connectivity index (χ4n) is 0.154. The molecule has 0 saturated carbocycles. The lowest BCUT2D eigenvalue weighted by Crippen LogP contribution is -2.07. The zero-order valence-corrected chi connectivity index (χ0v) is 4.57. The summed E-state index contributed by atoms with van der Waals surface area (Å²) >= 11 is 0. The standard InChI is InChI=1S/C5H9FO/c1-4(2)5(7)3-6/h4H,3H2,1-2H3. The van der Waals surface area contributed by atoms with Gasteiger partial charge in [-0.15, -0.1) is 0 Å². The third-order valence-electron chi connectivity index (χ3n) is 0.776. The molecule has 0 spiro atoms. The Labute approximate surface area is 42.5 Å². The van der Waals surface area contributed by atoms with Gasteiger partial charge in [-0.2, -0.15) is 0 Å². The van der Waals surface area contributed by atoms with Crippen LogP contribution in [0.5, 0.6) is 0 Å². The van der Waals surface area contributed by atoms with Crippen molar-refractivity contribution in [2.24, 2.45) is 5.92 Å². The van der Waals surface area contributed by atoms with Gasteiger partial charge in [0.25, 0.3) is 0 Å². The van der Waals surface area contributed by atoms with Gasteiger partial charge in [0.05, 0.1) is 0 Å². The number of carbonyl (C=O) groups excluding carboxylic acids is 1. The molecule has 0 unspecified atom stereocenters. The number of halogens is 1. The molecule has 0 aliphatic rings. The molecule has 2 heteroatoms. The first kappa shape index (κ1) is 6.60. The van der Waals surface area contributed by atoms with Crippen LogP contribution in [0.2, 0.25) is 0 Å². The molecule has 0 saturated heterocycles. The Hall–Kier alpha value is -0.400. The van der Waals surface area contributed by atoms with E-state index >= 15 is 0 Å². The maximum atomic E-state index is 11.3. The second-order valence-corrected chi connectivity index (χ2v) is 1.75. The maximum Gasteiger partial charge on any atom is 0.166 e. The van der Waals surface area contributed by atoms with Gasteiger partial charge in [0.1, 0.15) is 6.67 Å². The highest BCUT2D eigenvalue weighted by atomic mass is 19.1. The molecule has 0 aromatic rings. The van der Waals surface area contributed by atoms with Crippen LogP contribution >= 0.6 is 0 Å². The van der Waals surface area contributed by atoms with Crippen LogP contribution in [-0.4, -0.2) is 12.5 Å². The Kier molecular flexibility index (Phi) is 2.56. The molecule has 0 amide bonds. The van der Waals surface area contributed by atoms with Crippen molar-refractivity contribution in [3.63, 3.8) is 0 Å². The SMILES string of the molecule is CC(C)C(=O)CF. The monoisotopic (exact) mass is 104 g/mol. The molecule has 42 valence electrons. The van der Waals surface area contributed by atoms with Crippen molar-refractivity contribution in [3.05, 3.63) is 0 Å². The molecule has 0 aliphatic carbocycles. The van der Waals surface area contributed by atoms with Crippen LogP contribution in [0.1, 0.15) is 13.8 Å². The molecule has 0 atom stereocenters. The van der Waals surface area contributed by atoms with E-state index in [-0.39, 0.29) is 11.7 Å². The summed E-state index contributed by atoms with van der Waals surface area (Å²) in [5.74, 6) is -0.468. The van der Waals surface area contributed by atoms with E-state index in [1.165, 1.54) is 0 Å². The van der Waals surface area contributed by atoms with E-state index < -0.39 is 6.67 Å². The Balaban J connectivity index is 3.35. The van der Waals surface area contributed by atoms with Crippen LogP contribution in [0.4, 0.5) is 4.39 Å². The molecule has 0 N–H and O–H groups in total. The van der Waals surface area contributed by atoms with Crippen LogP contribution in [-0.2, 0) is 4.79 Å². The third kappa shape index (κ3) is 2.31. The van der Waals surface area contributed by atoms with Crippen molar-refractivity contribution in [2.75, 3.05) is 6.67 Å². The number of Topliss-reactive ketones (excluding diaryl/α,β-unsaturated/α-hetero) is 1. The number of alkyl halides is 1. The average Bonchev–Trinajstić information content (AvgIpc) is 1.65. The Morgan fingerprint density at radius 3 is 2.14 bits per heavy atom. The van der Waals surface area contributed by atoms with E-state index in [0.717, 1.165) is 0 Å². The van der Waals surface area contributed by atoms with Gasteiger partial charge in [0.2, 0.25) is 0 Å². The lowest BCUT2D eigenvalue weighted by Gasteiger charge is -1.93. The third-order valence-corrected chi connectivity index (χ3v) is 0.776. The second kappa shape index (κ2) is 2.72. The van der Waals surface area contributed by atoms with Gasteiger partial charge in [0.15, 0.2) is 5.78 Å². The topological polar surface area (TPSA) is 17.1 Å². The van der Waals surface area contributed by atoms with Crippen molar-refractivity contribution < 1.29 is 9.18 Å². The molecule has 0 bridgehead atoms. The minimum absolute atomic E-state index is 0.148. The summed E-state index contributed by atoms with van der Waals surface area (Å²) in [5, 5.41) is 0. The molecule has 0 radical (unpaired) electrons. The zero-order valence-electron chi connectivity index (χ0n) is 4.57. The van der Waals surface area contributed by atoms with E-state index in [1.807, 2.05) is 0 Å². The van der Waals surface area contributed by atoms with Gasteiger partial charge in [-0.05, 0) is 0 Å². The summed E-state index contributed by atoms with van der Waals surface area (Å²) in [6, 6.07) is 0. The molecular formula is C5H9FO. The molecule has 7 heavy (non-hydrogen) atoms. The van der Waals surface area contributed by atoms with Crippen molar-refractivity contribution in [1.29, 1.82) is 0 Å². The minimum atomic E-state index is -0.822. The fourth-order valence-corrected chi connectivity index (χ4v) is 0.154. The van der Waals surface area contributed by atoms with Crippen molar-refractivity contribution >= 4 is 5.78 Å². The van der Waals surface area contributed by atoms with Gasteiger partial charge >= 0.3 is 0 Å². The highest BCUT2D eigenvalue weighted by Crippen LogP contribution is 1.92. The maximum absolute atomic E-state index is 11.3. The highest BCUT2D eigenvalue weighted by molar-refractivity contribution is 5.81. The minimum Gasteiger partial charge on any atom is -0.296 e. The smallest absolute Gasteiger partial charge is 0.166 e. The molecule has 1 nitrogen and oxygen atoms in total. The van der Waals surface area contributed by atoms with Crippen molar-refractivity contribution in [3.8, 4) is 0 Å². The number of hydrogen-bond donors (Lipinski definition) is 0. The Morgan fingerprint density at radius 1 is 1.71 bits per heavy atom. The molecule has 0 aliphatic heterocycles. The number of carbonyl (C=O) groups is 1. The highest BCUT2D eigenvalue weighted by Gasteiger charge is 2.03. The predicted octanol–water partition coefficient (Wildman–Crippen LogP) is 1.18. The van der Waals surface area contributed by atoms with Gasteiger partial charge in [-0.25, -0.2) is 4.39 Å². The van der Waals surface area contributed by atoms with Gasteiger partial charge < -0.3 is 0 Å². The van der Waals surface area contributed by atoms with E-state index in [4.69, 9.17) is 0 Å². The van der Waals surface area contributed by atoms with Crippen LogP contribution in [0.25, 0.3) is 0 Å². The van der Waals surface area contributed by atoms with E-state index in [9.17, 15) is 9.18 Å². The lowest BCUT2D eigenvalue weighted by atomic mass is 10.1. The summed E-state index contributed by atoms with van der Waals surface area (Å²) in [7, 11) is 0. The number of ketones is 1. The number of rotatable bonds is 2. The molecule has 0 aromatic heterocycles. The summed E-state index contributed by atoms with van der Waals surface area (Å²) < 4.78 is 11.3. The van der Waals surface area contributed by atoms with Gasteiger partial charge in [-0.3, -0.25) is 4.79 Å². The van der Waals surface area contributed by atoms with E-state index in [0.29, 0.717) is 0 Å². The molecule has 0 heterocycles. The first-order valence-corrected chi connectivity index (χ1v) is 2.27. The summed E-state index contributed by atoms with van der Waals surface area (Å²) in [6.07, 6.45) is 0. The summed E-state index contributed by atoms with van der Waals surface area (Å²) in [6.45, 7) is 2.54. The lowest BCUT2D eigenvalue weighted by molar-refractivity contribution is -0.122. The quantitative estimate of drug-likeness (QED) is 0.514. The zero-order chi connectivity index (χ0) is 5.86. The van der Waals surface area contributed by atoms with Crippen LogP contribution in [0.15, 0.2) is 0 Å². The second-order valence-electron chi connectivity index (χ2n) is 1.75. The molecule has 0 aromatic carbocycles.